The SMILES string of the molecule is CCOc1cc2c(cc1CNC(=O)[C@@H](NC(=O)c1ccco1)C(C)C)O[C@@H](C)C2. The van der Waals surface area contributed by atoms with Crippen molar-refractivity contribution in [2.24, 2.45) is 5.92 Å². The van der Waals surface area contributed by atoms with Gasteiger partial charge in [-0.15, -0.1) is 0 Å². The largest absolute Gasteiger partial charge is 0.494 e. The van der Waals surface area contributed by atoms with E-state index in [2.05, 4.69) is 10.6 Å². The predicted molar refractivity (Wildman–Crippen MR) is 108 cm³/mol. The summed E-state index contributed by atoms with van der Waals surface area (Å²) in [5.74, 6) is 0.967. The standard InChI is InChI=1S/C22H28N2O5/c1-5-27-18-10-15-9-14(4)29-19(15)11-16(18)12-23-22(26)20(13(2)3)24-21(25)17-7-6-8-28-17/h6-8,10-11,13-14,20H,5,9,12H2,1-4H3,(H,23,26)(H,24,25)/t14-,20-/m0/s1. The van der Waals surface area contributed by atoms with Crippen molar-refractivity contribution in [2.75, 3.05) is 6.61 Å². The molecule has 0 saturated heterocycles. The van der Waals surface area contributed by atoms with Crippen LogP contribution in [0.2, 0.25) is 0 Å². The fourth-order valence-corrected chi connectivity index (χ4v) is 3.36. The van der Waals surface area contributed by atoms with Gasteiger partial charge in [-0.2, -0.15) is 0 Å². The summed E-state index contributed by atoms with van der Waals surface area (Å²) in [7, 11) is 0. The lowest BCUT2D eigenvalue weighted by Crippen LogP contribution is -2.49. The van der Waals surface area contributed by atoms with Crippen molar-refractivity contribution < 1.29 is 23.5 Å². The van der Waals surface area contributed by atoms with Crippen molar-refractivity contribution in [3.05, 3.63) is 47.4 Å². The van der Waals surface area contributed by atoms with E-state index in [9.17, 15) is 9.59 Å². The molecule has 156 valence electrons. The molecule has 2 amide bonds. The zero-order chi connectivity index (χ0) is 21.0. The van der Waals surface area contributed by atoms with Crippen molar-refractivity contribution in [3.63, 3.8) is 0 Å². The lowest BCUT2D eigenvalue weighted by Gasteiger charge is -2.22. The molecule has 0 spiro atoms. The zero-order valence-corrected chi connectivity index (χ0v) is 17.3. The first-order valence-electron chi connectivity index (χ1n) is 9.96. The Morgan fingerprint density at radius 2 is 2.10 bits per heavy atom. The van der Waals surface area contributed by atoms with Crippen LogP contribution in [0, 0.1) is 5.92 Å². The molecule has 2 aromatic rings. The summed E-state index contributed by atoms with van der Waals surface area (Å²) in [6, 6.07) is 6.42. The van der Waals surface area contributed by atoms with Gasteiger partial charge in [-0.1, -0.05) is 13.8 Å². The summed E-state index contributed by atoms with van der Waals surface area (Å²) in [5.41, 5.74) is 1.95. The summed E-state index contributed by atoms with van der Waals surface area (Å²) in [6.45, 7) is 8.51. The Balaban J connectivity index is 1.69. The number of nitrogens with one attached hydrogen (secondary N) is 2. The van der Waals surface area contributed by atoms with Crippen LogP contribution in [0.5, 0.6) is 11.5 Å². The number of amides is 2. The molecule has 0 aliphatic carbocycles. The molecule has 1 aliphatic heterocycles. The van der Waals surface area contributed by atoms with Gasteiger partial charge < -0.3 is 24.5 Å². The Morgan fingerprint density at radius 1 is 1.31 bits per heavy atom. The summed E-state index contributed by atoms with van der Waals surface area (Å²) in [6.07, 6.45) is 2.40. The molecule has 29 heavy (non-hydrogen) atoms. The van der Waals surface area contributed by atoms with Crippen LogP contribution in [0.4, 0.5) is 0 Å². The van der Waals surface area contributed by atoms with Crippen LogP contribution in [0.1, 0.15) is 49.4 Å². The van der Waals surface area contributed by atoms with Crippen molar-refractivity contribution in [2.45, 2.75) is 52.8 Å². The Bertz CT molecular complexity index is 860. The van der Waals surface area contributed by atoms with E-state index in [0.29, 0.717) is 6.61 Å². The van der Waals surface area contributed by atoms with Gasteiger partial charge in [-0.05, 0) is 44.0 Å². The van der Waals surface area contributed by atoms with E-state index < -0.39 is 11.9 Å². The molecule has 0 radical (unpaired) electrons. The molecule has 2 N–H and O–H groups in total. The Morgan fingerprint density at radius 3 is 2.76 bits per heavy atom. The zero-order valence-electron chi connectivity index (χ0n) is 17.3. The maximum Gasteiger partial charge on any atom is 0.287 e. The quantitative estimate of drug-likeness (QED) is 0.711. The molecule has 2 heterocycles. The van der Waals surface area contributed by atoms with E-state index in [1.807, 2.05) is 39.8 Å². The fourth-order valence-electron chi connectivity index (χ4n) is 3.36. The Labute approximate surface area is 170 Å². The maximum absolute atomic E-state index is 12.8. The van der Waals surface area contributed by atoms with E-state index in [-0.39, 0.29) is 30.2 Å². The van der Waals surface area contributed by atoms with Crippen LogP contribution in [0.15, 0.2) is 34.9 Å². The number of rotatable bonds is 8. The van der Waals surface area contributed by atoms with Gasteiger partial charge in [-0.3, -0.25) is 9.59 Å². The van der Waals surface area contributed by atoms with E-state index in [1.165, 1.54) is 6.26 Å². The second kappa shape index (κ2) is 9.03. The minimum absolute atomic E-state index is 0.0931. The monoisotopic (exact) mass is 400 g/mol. The predicted octanol–water partition coefficient (Wildman–Crippen LogP) is 3.07. The fraction of sp³-hybridized carbons (Fsp3) is 0.455. The number of carbonyl (C=O) groups is 2. The Hall–Kier alpha value is -2.96. The molecule has 1 aromatic carbocycles. The minimum atomic E-state index is -0.686. The molecule has 3 rings (SSSR count). The highest BCUT2D eigenvalue weighted by Crippen LogP contribution is 2.35. The molecule has 7 nitrogen and oxygen atoms in total. The van der Waals surface area contributed by atoms with Crippen molar-refractivity contribution in [1.29, 1.82) is 0 Å². The van der Waals surface area contributed by atoms with Gasteiger partial charge in [0.1, 0.15) is 23.6 Å². The first-order valence-corrected chi connectivity index (χ1v) is 9.96. The normalized spacial score (nSPS) is 16.1. The van der Waals surface area contributed by atoms with Gasteiger partial charge in [0.15, 0.2) is 5.76 Å². The lowest BCUT2D eigenvalue weighted by molar-refractivity contribution is -0.124. The number of carbonyl (C=O) groups excluding carboxylic acids is 2. The van der Waals surface area contributed by atoms with Crippen molar-refractivity contribution >= 4 is 11.8 Å². The van der Waals surface area contributed by atoms with Crippen LogP contribution in [0.25, 0.3) is 0 Å². The van der Waals surface area contributed by atoms with Gasteiger partial charge in [0.25, 0.3) is 5.91 Å². The molecule has 0 bridgehead atoms. The number of hydrogen-bond donors (Lipinski definition) is 2. The maximum atomic E-state index is 12.8. The van der Waals surface area contributed by atoms with Crippen LogP contribution in [-0.4, -0.2) is 30.6 Å². The summed E-state index contributed by atoms with van der Waals surface area (Å²) in [5, 5.41) is 5.65. The number of hydrogen-bond acceptors (Lipinski definition) is 5. The molecule has 1 aromatic heterocycles. The van der Waals surface area contributed by atoms with Crippen LogP contribution >= 0.6 is 0 Å². The molecule has 0 unspecified atom stereocenters. The Kier molecular flexibility index (Phi) is 6.46. The second-order valence-electron chi connectivity index (χ2n) is 7.52. The highest BCUT2D eigenvalue weighted by atomic mass is 16.5. The van der Waals surface area contributed by atoms with Gasteiger partial charge >= 0.3 is 0 Å². The highest BCUT2D eigenvalue weighted by Gasteiger charge is 2.26. The summed E-state index contributed by atoms with van der Waals surface area (Å²) in [4.78, 5) is 25.1. The summed E-state index contributed by atoms with van der Waals surface area (Å²) < 4.78 is 16.7. The third-order valence-corrected chi connectivity index (χ3v) is 4.81. The number of furan rings is 1. The first-order chi connectivity index (χ1) is 13.9. The van der Waals surface area contributed by atoms with E-state index in [1.54, 1.807) is 12.1 Å². The average Bonchev–Trinajstić information content (AvgIpc) is 3.32. The van der Waals surface area contributed by atoms with E-state index >= 15 is 0 Å². The molecule has 2 atom stereocenters. The van der Waals surface area contributed by atoms with Crippen LogP contribution in [0.3, 0.4) is 0 Å². The topological polar surface area (TPSA) is 89.8 Å². The smallest absolute Gasteiger partial charge is 0.287 e. The lowest BCUT2D eigenvalue weighted by atomic mass is 10.0. The van der Waals surface area contributed by atoms with Gasteiger partial charge in [0, 0.05) is 24.1 Å². The molecule has 0 saturated carbocycles. The molecule has 7 heteroatoms. The van der Waals surface area contributed by atoms with Crippen LogP contribution in [-0.2, 0) is 17.8 Å². The van der Waals surface area contributed by atoms with Crippen molar-refractivity contribution in [3.8, 4) is 11.5 Å². The third-order valence-electron chi connectivity index (χ3n) is 4.81. The summed E-state index contributed by atoms with van der Waals surface area (Å²) >= 11 is 0. The van der Waals surface area contributed by atoms with Crippen molar-refractivity contribution in [1.82, 2.24) is 10.6 Å². The van der Waals surface area contributed by atoms with E-state index in [0.717, 1.165) is 29.0 Å². The number of fused-ring (bicyclic) bond motifs is 1. The van der Waals surface area contributed by atoms with Gasteiger partial charge in [0.2, 0.25) is 5.91 Å². The average molecular weight is 400 g/mol. The highest BCUT2D eigenvalue weighted by molar-refractivity contribution is 5.95. The third kappa shape index (κ3) is 4.91. The molecular formula is C22H28N2O5. The second-order valence-corrected chi connectivity index (χ2v) is 7.52. The number of benzene rings is 1. The molecule has 1 aliphatic rings. The minimum Gasteiger partial charge on any atom is -0.494 e. The molecule has 0 fully saturated rings. The first kappa shape index (κ1) is 20.8. The van der Waals surface area contributed by atoms with Crippen LogP contribution < -0.4 is 20.1 Å². The van der Waals surface area contributed by atoms with Gasteiger partial charge in [-0.25, -0.2) is 0 Å². The number of ether oxygens (including phenoxy) is 2. The van der Waals surface area contributed by atoms with E-state index in [4.69, 9.17) is 13.9 Å². The molecular weight excluding hydrogens is 372 g/mol. The van der Waals surface area contributed by atoms with Gasteiger partial charge in [0.05, 0.1) is 12.9 Å².